The Morgan fingerprint density at radius 3 is 2.44 bits per heavy atom. The molecule has 0 fully saturated rings. The molecule has 3 heteroatoms. The molecule has 1 aromatic carbocycles. The van der Waals surface area contributed by atoms with Crippen molar-refractivity contribution >= 4 is 0 Å². The molecule has 1 N–H and O–H groups in total. The quantitative estimate of drug-likeness (QED) is 0.855. The lowest BCUT2D eigenvalue weighted by Crippen LogP contribution is -1.91. The molecule has 0 aliphatic heterocycles. The normalized spacial score (nSPS) is 12.1. The number of aromatic nitrogens is 1. The van der Waals surface area contributed by atoms with Crippen LogP contribution in [0.4, 0.5) is 0 Å². The first kappa shape index (κ1) is 10.6. The van der Waals surface area contributed by atoms with E-state index in [1.165, 1.54) is 0 Å². The van der Waals surface area contributed by atoms with Gasteiger partial charge in [-0.25, -0.2) is 4.98 Å². The van der Waals surface area contributed by atoms with Crippen LogP contribution in [0.3, 0.4) is 0 Å². The summed E-state index contributed by atoms with van der Waals surface area (Å²) in [7, 11) is 0. The third-order valence-electron chi connectivity index (χ3n) is 2.22. The number of aliphatic hydroxyl groups is 1. The van der Waals surface area contributed by atoms with Crippen LogP contribution in [0.1, 0.15) is 18.6 Å². The Hall–Kier alpha value is -1.87. The van der Waals surface area contributed by atoms with Crippen LogP contribution < -0.4 is 4.74 Å². The molecule has 82 valence electrons. The lowest BCUT2D eigenvalue weighted by Gasteiger charge is -2.07. The molecular formula is C13H13NO2. The van der Waals surface area contributed by atoms with Gasteiger partial charge in [-0.3, -0.25) is 0 Å². The van der Waals surface area contributed by atoms with E-state index in [9.17, 15) is 5.11 Å². The first-order valence-electron chi connectivity index (χ1n) is 5.12. The number of nitrogens with zero attached hydrogens (tertiary/aromatic N) is 1. The van der Waals surface area contributed by atoms with E-state index in [4.69, 9.17) is 4.74 Å². The maximum atomic E-state index is 9.35. The van der Waals surface area contributed by atoms with Gasteiger partial charge in [0.1, 0.15) is 5.75 Å². The molecule has 1 heterocycles. The van der Waals surface area contributed by atoms with Crippen LogP contribution in [0.15, 0.2) is 48.7 Å². The molecule has 0 aliphatic rings. The second-order valence-electron chi connectivity index (χ2n) is 3.52. The lowest BCUT2D eigenvalue weighted by atomic mass is 10.1. The van der Waals surface area contributed by atoms with Gasteiger partial charge < -0.3 is 9.84 Å². The van der Waals surface area contributed by atoms with Gasteiger partial charge in [0.25, 0.3) is 0 Å². The molecule has 3 nitrogen and oxygen atoms in total. The summed E-state index contributed by atoms with van der Waals surface area (Å²) in [6, 6.07) is 12.8. The van der Waals surface area contributed by atoms with Crippen LogP contribution in [0.2, 0.25) is 0 Å². The molecule has 0 radical (unpaired) electrons. The number of pyridine rings is 1. The minimum atomic E-state index is -0.455. The molecule has 0 aliphatic carbocycles. The number of benzene rings is 1. The monoisotopic (exact) mass is 215 g/mol. The van der Waals surface area contributed by atoms with Crippen molar-refractivity contribution < 1.29 is 9.84 Å². The summed E-state index contributed by atoms with van der Waals surface area (Å²) in [5.41, 5.74) is 0.869. The van der Waals surface area contributed by atoms with E-state index in [2.05, 4.69) is 4.98 Å². The SMILES string of the molecule is CC(O)c1ccc(Oc2ccccn2)cc1. The molecule has 0 bridgehead atoms. The maximum Gasteiger partial charge on any atom is 0.219 e. The van der Waals surface area contributed by atoms with E-state index < -0.39 is 6.10 Å². The summed E-state index contributed by atoms with van der Waals surface area (Å²) >= 11 is 0. The fraction of sp³-hybridized carbons (Fsp3) is 0.154. The summed E-state index contributed by atoms with van der Waals surface area (Å²) in [6.45, 7) is 1.73. The van der Waals surface area contributed by atoms with Crippen molar-refractivity contribution in [3.05, 3.63) is 54.2 Å². The molecule has 0 saturated heterocycles. The summed E-state index contributed by atoms with van der Waals surface area (Å²) < 4.78 is 5.52. The summed E-state index contributed by atoms with van der Waals surface area (Å²) in [5, 5.41) is 9.35. The van der Waals surface area contributed by atoms with Crippen LogP contribution in [0.5, 0.6) is 11.6 Å². The van der Waals surface area contributed by atoms with Crippen LogP contribution in [-0.2, 0) is 0 Å². The highest BCUT2D eigenvalue weighted by atomic mass is 16.5. The largest absolute Gasteiger partial charge is 0.439 e. The van der Waals surface area contributed by atoms with Crippen LogP contribution >= 0.6 is 0 Å². The molecule has 0 amide bonds. The molecule has 1 unspecified atom stereocenters. The maximum absolute atomic E-state index is 9.35. The third kappa shape index (κ3) is 2.58. The molecular weight excluding hydrogens is 202 g/mol. The summed E-state index contributed by atoms with van der Waals surface area (Å²) in [6.07, 6.45) is 1.23. The number of aliphatic hydroxyl groups excluding tert-OH is 1. The highest BCUT2D eigenvalue weighted by molar-refractivity contribution is 5.31. The fourth-order valence-corrected chi connectivity index (χ4v) is 1.34. The molecule has 16 heavy (non-hydrogen) atoms. The van der Waals surface area contributed by atoms with E-state index in [0.717, 1.165) is 5.56 Å². The van der Waals surface area contributed by atoms with Gasteiger partial charge in [0, 0.05) is 12.3 Å². The van der Waals surface area contributed by atoms with Crippen molar-refractivity contribution in [3.63, 3.8) is 0 Å². The zero-order valence-corrected chi connectivity index (χ0v) is 9.00. The Labute approximate surface area is 94.3 Å². The van der Waals surface area contributed by atoms with Crippen molar-refractivity contribution in [1.29, 1.82) is 0 Å². The van der Waals surface area contributed by atoms with Gasteiger partial charge in [0.15, 0.2) is 0 Å². The van der Waals surface area contributed by atoms with Crippen molar-refractivity contribution in [3.8, 4) is 11.6 Å². The van der Waals surface area contributed by atoms with Gasteiger partial charge in [0.05, 0.1) is 6.10 Å². The average molecular weight is 215 g/mol. The van der Waals surface area contributed by atoms with Crippen LogP contribution in [0.25, 0.3) is 0 Å². The predicted molar refractivity (Wildman–Crippen MR) is 61.4 cm³/mol. The van der Waals surface area contributed by atoms with Gasteiger partial charge in [-0.2, -0.15) is 0 Å². The Balaban J connectivity index is 2.11. The third-order valence-corrected chi connectivity index (χ3v) is 2.22. The number of ether oxygens (including phenoxy) is 1. The van der Waals surface area contributed by atoms with Gasteiger partial charge in [-0.1, -0.05) is 18.2 Å². The highest BCUT2D eigenvalue weighted by Crippen LogP contribution is 2.21. The van der Waals surface area contributed by atoms with Crippen molar-refractivity contribution in [2.24, 2.45) is 0 Å². The van der Waals surface area contributed by atoms with Crippen molar-refractivity contribution in [2.45, 2.75) is 13.0 Å². The standard InChI is InChI=1S/C13H13NO2/c1-10(15)11-5-7-12(8-6-11)16-13-4-2-3-9-14-13/h2-10,15H,1H3. The zero-order chi connectivity index (χ0) is 11.4. The van der Waals surface area contributed by atoms with E-state index in [-0.39, 0.29) is 0 Å². The number of hydrogen-bond acceptors (Lipinski definition) is 3. The average Bonchev–Trinajstić information content (AvgIpc) is 2.31. The Morgan fingerprint density at radius 1 is 1.12 bits per heavy atom. The van der Waals surface area contributed by atoms with E-state index >= 15 is 0 Å². The number of hydrogen-bond donors (Lipinski definition) is 1. The minimum absolute atomic E-state index is 0.455. The van der Waals surface area contributed by atoms with Gasteiger partial charge in [0.2, 0.25) is 5.88 Å². The van der Waals surface area contributed by atoms with Gasteiger partial charge in [-0.05, 0) is 30.7 Å². The zero-order valence-electron chi connectivity index (χ0n) is 9.00. The second-order valence-corrected chi connectivity index (χ2v) is 3.52. The predicted octanol–water partition coefficient (Wildman–Crippen LogP) is 2.93. The van der Waals surface area contributed by atoms with E-state index in [1.54, 1.807) is 19.2 Å². The van der Waals surface area contributed by atoms with E-state index in [1.807, 2.05) is 36.4 Å². The molecule has 2 rings (SSSR count). The molecule has 1 aromatic heterocycles. The fourth-order valence-electron chi connectivity index (χ4n) is 1.34. The van der Waals surface area contributed by atoms with Gasteiger partial charge >= 0.3 is 0 Å². The molecule has 0 spiro atoms. The molecule has 0 saturated carbocycles. The summed E-state index contributed by atoms with van der Waals surface area (Å²) in [5.74, 6) is 1.27. The van der Waals surface area contributed by atoms with Crippen molar-refractivity contribution in [1.82, 2.24) is 4.98 Å². The molecule has 2 aromatic rings. The topological polar surface area (TPSA) is 42.4 Å². The smallest absolute Gasteiger partial charge is 0.219 e. The van der Waals surface area contributed by atoms with E-state index in [0.29, 0.717) is 11.6 Å². The Morgan fingerprint density at radius 2 is 1.88 bits per heavy atom. The Kier molecular flexibility index (Phi) is 3.17. The first-order valence-corrected chi connectivity index (χ1v) is 5.12. The summed E-state index contributed by atoms with van der Waals surface area (Å²) in [4.78, 5) is 4.06. The Bertz CT molecular complexity index is 437. The minimum Gasteiger partial charge on any atom is -0.439 e. The lowest BCUT2D eigenvalue weighted by molar-refractivity contribution is 0.199. The van der Waals surface area contributed by atoms with Crippen LogP contribution in [0, 0.1) is 0 Å². The van der Waals surface area contributed by atoms with Crippen molar-refractivity contribution in [2.75, 3.05) is 0 Å². The second kappa shape index (κ2) is 4.77. The molecule has 1 atom stereocenters. The highest BCUT2D eigenvalue weighted by Gasteiger charge is 2.01. The first-order chi connectivity index (χ1) is 7.75. The van der Waals surface area contributed by atoms with Crippen LogP contribution in [-0.4, -0.2) is 10.1 Å². The van der Waals surface area contributed by atoms with Gasteiger partial charge in [-0.15, -0.1) is 0 Å². The number of rotatable bonds is 3.